The Hall–Kier alpha value is -2.69. The standard InChI is InChI=1S/C23H23Br2NO7/c1-2-32-18(10-6-7-11-19(27)28)21(16-12-15(24)13-17(25)20(16)29)33-23(31)26-22(30)14-8-4-3-5-9-14/h3-5,7-9,11-13,18,21,29H,2,6,10H2,1H3,(H,27,28)(H,26,30,31)/b11-7+/t18-,21-/m0/s1. The summed E-state index contributed by atoms with van der Waals surface area (Å²) in [6, 6.07) is 11.4. The van der Waals surface area contributed by atoms with Gasteiger partial charge >= 0.3 is 12.1 Å². The molecule has 33 heavy (non-hydrogen) atoms. The highest BCUT2D eigenvalue weighted by Gasteiger charge is 2.31. The second-order valence-corrected chi connectivity index (χ2v) is 8.55. The molecule has 2 aromatic rings. The minimum Gasteiger partial charge on any atom is -0.506 e. The number of hydrogen-bond donors (Lipinski definition) is 3. The number of aliphatic carboxylic acids is 1. The van der Waals surface area contributed by atoms with Crippen LogP contribution in [0.1, 0.15) is 41.8 Å². The van der Waals surface area contributed by atoms with Crippen LogP contribution in [-0.4, -0.2) is 40.9 Å². The number of nitrogens with one attached hydrogen (secondary N) is 1. The number of rotatable bonds is 10. The number of halogens is 2. The molecule has 2 atom stereocenters. The van der Waals surface area contributed by atoms with Gasteiger partial charge in [0.05, 0.1) is 10.6 Å². The molecular weight excluding hydrogens is 562 g/mol. The highest BCUT2D eigenvalue weighted by molar-refractivity contribution is 9.11. The second-order valence-electron chi connectivity index (χ2n) is 6.78. The van der Waals surface area contributed by atoms with Crippen LogP contribution in [0.3, 0.4) is 0 Å². The van der Waals surface area contributed by atoms with E-state index in [1.54, 1.807) is 49.4 Å². The van der Waals surface area contributed by atoms with Gasteiger partial charge in [0.25, 0.3) is 5.91 Å². The predicted molar refractivity (Wildman–Crippen MR) is 128 cm³/mol. The van der Waals surface area contributed by atoms with Gasteiger partial charge in [0.1, 0.15) is 5.75 Å². The molecule has 0 fully saturated rings. The van der Waals surface area contributed by atoms with E-state index in [0.717, 1.165) is 6.08 Å². The first-order valence-corrected chi connectivity index (χ1v) is 11.6. The molecule has 0 radical (unpaired) electrons. The lowest BCUT2D eigenvalue weighted by Crippen LogP contribution is -2.35. The van der Waals surface area contributed by atoms with Gasteiger partial charge in [-0.2, -0.15) is 0 Å². The summed E-state index contributed by atoms with van der Waals surface area (Å²) in [5.74, 6) is -1.88. The summed E-state index contributed by atoms with van der Waals surface area (Å²) in [7, 11) is 0. The van der Waals surface area contributed by atoms with Crippen molar-refractivity contribution in [3.05, 3.63) is 74.7 Å². The molecule has 2 aromatic carbocycles. The Bertz CT molecular complexity index is 1010. The fourth-order valence-electron chi connectivity index (χ4n) is 3.02. The average molecular weight is 585 g/mol. The van der Waals surface area contributed by atoms with Crippen LogP contribution in [0.15, 0.2) is 63.6 Å². The molecule has 2 amide bonds. The summed E-state index contributed by atoms with van der Waals surface area (Å²) in [4.78, 5) is 35.7. The van der Waals surface area contributed by atoms with Crippen LogP contribution in [0.25, 0.3) is 0 Å². The van der Waals surface area contributed by atoms with Gasteiger partial charge in [-0.1, -0.05) is 40.2 Å². The maximum absolute atomic E-state index is 12.6. The smallest absolute Gasteiger partial charge is 0.414 e. The van der Waals surface area contributed by atoms with Crippen molar-refractivity contribution in [3.8, 4) is 5.75 Å². The Labute approximate surface area is 207 Å². The van der Waals surface area contributed by atoms with Gasteiger partial charge < -0.3 is 19.7 Å². The molecule has 0 unspecified atom stereocenters. The minimum absolute atomic E-state index is 0.156. The Morgan fingerprint density at radius 2 is 1.85 bits per heavy atom. The minimum atomic E-state index is -1.10. The number of allylic oxidation sites excluding steroid dienone is 1. The van der Waals surface area contributed by atoms with E-state index in [1.807, 2.05) is 0 Å². The topological polar surface area (TPSA) is 122 Å². The number of alkyl carbamates (subject to hydrolysis) is 1. The van der Waals surface area contributed by atoms with E-state index in [2.05, 4.69) is 37.2 Å². The normalized spacial score (nSPS) is 12.8. The fourth-order valence-corrected chi connectivity index (χ4v) is 4.28. The molecule has 0 aliphatic carbocycles. The van der Waals surface area contributed by atoms with Crippen LogP contribution in [0.5, 0.6) is 5.75 Å². The SMILES string of the molecule is CCO[C@@H](CC/C=C/C(=O)O)[C@@H](OC(=O)NC(=O)c1ccccc1)c1cc(Br)cc(Br)c1O. The number of carboxylic acids is 1. The van der Waals surface area contributed by atoms with E-state index in [1.165, 1.54) is 6.08 Å². The summed E-state index contributed by atoms with van der Waals surface area (Å²) in [6.07, 6.45) is 0.218. The van der Waals surface area contributed by atoms with Crippen molar-refractivity contribution in [1.82, 2.24) is 5.32 Å². The molecule has 0 aliphatic rings. The molecule has 0 saturated carbocycles. The molecule has 0 aromatic heterocycles. The summed E-state index contributed by atoms with van der Waals surface area (Å²) in [5.41, 5.74) is 0.526. The van der Waals surface area contributed by atoms with Crippen molar-refractivity contribution in [2.45, 2.75) is 32.0 Å². The van der Waals surface area contributed by atoms with E-state index >= 15 is 0 Å². The number of ether oxygens (including phenoxy) is 2. The molecule has 10 heteroatoms. The number of carbonyl (C=O) groups is 3. The number of aromatic hydroxyl groups is 1. The number of carboxylic acid groups (broad SMARTS) is 1. The largest absolute Gasteiger partial charge is 0.506 e. The number of amides is 2. The molecule has 176 valence electrons. The van der Waals surface area contributed by atoms with Crippen molar-refractivity contribution in [2.24, 2.45) is 0 Å². The summed E-state index contributed by atoms with van der Waals surface area (Å²) >= 11 is 6.61. The van der Waals surface area contributed by atoms with Crippen molar-refractivity contribution in [1.29, 1.82) is 0 Å². The molecular formula is C23H23Br2NO7. The van der Waals surface area contributed by atoms with Gasteiger partial charge in [0.15, 0.2) is 6.10 Å². The van der Waals surface area contributed by atoms with E-state index in [0.29, 0.717) is 15.4 Å². The maximum atomic E-state index is 12.6. The zero-order chi connectivity index (χ0) is 24.4. The Morgan fingerprint density at radius 1 is 1.15 bits per heavy atom. The Kier molecular flexibility index (Phi) is 10.6. The molecule has 0 spiro atoms. The molecule has 0 bridgehead atoms. The zero-order valence-electron chi connectivity index (χ0n) is 17.7. The van der Waals surface area contributed by atoms with E-state index in [9.17, 15) is 19.5 Å². The quantitative estimate of drug-likeness (QED) is 0.322. The molecule has 0 saturated heterocycles. The van der Waals surface area contributed by atoms with Crippen molar-refractivity contribution >= 4 is 49.8 Å². The number of hydrogen-bond acceptors (Lipinski definition) is 6. The van der Waals surface area contributed by atoms with Gasteiger partial charge in [0.2, 0.25) is 0 Å². The zero-order valence-corrected chi connectivity index (χ0v) is 20.8. The molecule has 2 rings (SSSR count). The lowest BCUT2D eigenvalue weighted by atomic mass is 9.99. The summed E-state index contributed by atoms with van der Waals surface area (Å²) < 4.78 is 12.3. The van der Waals surface area contributed by atoms with Crippen molar-refractivity contribution < 1.29 is 34.1 Å². The first kappa shape index (κ1) is 26.6. The molecule has 8 nitrogen and oxygen atoms in total. The van der Waals surface area contributed by atoms with Crippen LogP contribution >= 0.6 is 31.9 Å². The van der Waals surface area contributed by atoms with Crippen LogP contribution < -0.4 is 5.32 Å². The number of phenols is 1. The number of carbonyl (C=O) groups excluding carboxylic acids is 2. The van der Waals surface area contributed by atoms with Gasteiger partial charge in [-0.05, 0) is 60.0 Å². The summed E-state index contributed by atoms with van der Waals surface area (Å²) in [5, 5.41) is 21.6. The van der Waals surface area contributed by atoms with Gasteiger partial charge in [-0.15, -0.1) is 0 Å². The highest BCUT2D eigenvalue weighted by atomic mass is 79.9. The number of benzene rings is 2. The van der Waals surface area contributed by atoms with Crippen molar-refractivity contribution in [2.75, 3.05) is 6.61 Å². The number of imide groups is 1. The monoisotopic (exact) mass is 583 g/mol. The third kappa shape index (κ3) is 8.30. The molecule has 3 N–H and O–H groups in total. The number of phenolic OH excluding ortho intramolecular Hbond substituents is 1. The Morgan fingerprint density at radius 3 is 2.48 bits per heavy atom. The lowest BCUT2D eigenvalue weighted by Gasteiger charge is -2.28. The third-order valence-electron chi connectivity index (χ3n) is 4.45. The lowest BCUT2D eigenvalue weighted by molar-refractivity contribution is -0.131. The predicted octanol–water partition coefficient (Wildman–Crippen LogP) is 5.35. The van der Waals surface area contributed by atoms with Crippen LogP contribution in [-0.2, 0) is 14.3 Å². The first-order chi connectivity index (χ1) is 15.7. The van der Waals surface area contributed by atoms with E-state index in [4.69, 9.17) is 14.6 Å². The van der Waals surface area contributed by atoms with Gasteiger partial charge in [-0.3, -0.25) is 10.1 Å². The first-order valence-electron chi connectivity index (χ1n) is 9.98. The van der Waals surface area contributed by atoms with Crippen LogP contribution in [0.2, 0.25) is 0 Å². The molecule has 0 aliphatic heterocycles. The maximum Gasteiger partial charge on any atom is 0.414 e. The molecule has 0 heterocycles. The van der Waals surface area contributed by atoms with E-state index < -0.39 is 30.2 Å². The highest BCUT2D eigenvalue weighted by Crippen LogP contribution is 2.39. The Balaban J connectivity index is 2.31. The average Bonchev–Trinajstić information content (AvgIpc) is 2.77. The van der Waals surface area contributed by atoms with E-state index in [-0.39, 0.29) is 29.9 Å². The van der Waals surface area contributed by atoms with Crippen LogP contribution in [0, 0.1) is 0 Å². The van der Waals surface area contributed by atoms with Gasteiger partial charge in [-0.25, -0.2) is 9.59 Å². The van der Waals surface area contributed by atoms with Crippen LogP contribution in [0.4, 0.5) is 4.79 Å². The second kappa shape index (κ2) is 13.1. The third-order valence-corrected chi connectivity index (χ3v) is 5.51. The fraction of sp³-hybridized carbons (Fsp3) is 0.261. The van der Waals surface area contributed by atoms with Gasteiger partial charge in [0, 0.05) is 28.3 Å². The van der Waals surface area contributed by atoms with Crippen molar-refractivity contribution in [3.63, 3.8) is 0 Å². The summed E-state index contributed by atoms with van der Waals surface area (Å²) in [6.45, 7) is 2.03.